The van der Waals surface area contributed by atoms with Crippen molar-refractivity contribution in [1.82, 2.24) is 10.3 Å². The molecule has 146 valence electrons. The Labute approximate surface area is 168 Å². The molecule has 6 heteroatoms. The van der Waals surface area contributed by atoms with Crippen molar-refractivity contribution in [3.63, 3.8) is 0 Å². The van der Waals surface area contributed by atoms with E-state index in [4.69, 9.17) is 4.42 Å². The number of allylic oxidation sites excluding steroid dienone is 1. The van der Waals surface area contributed by atoms with Crippen LogP contribution in [0.4, 0.5) is 6.01 Å². The summed E-state index contributed by atoms with van der Waals surface area (Å²) in [6, 6.07) is 17.9. The Balaban J connectivity index is 1.55. The third-order valence-electron chi connectivity index (χ3n) is 5.45. The third kappa shape index (κ3) is 3.31. The minimum atomic E-state index is -0.250. The Kier molecular flexibility index (Phi) is 4.01. The zero-order valence-electron chi connectivity index (χ0n) is 16.4. The summed E-state index contributed by atoms with van der Waals surface area (Å²) in [6.07, 6.45) is 2.70. The topological polar surface area (TPSA) is 81.1 Å². The third-order valence-corrected chi connectivity index (χ3v) is 5.45. The molecule has 0 saturated carbocycles. The van der Waals surface area contributed by atoms with Crippen molar-refractivity contribution in [2.75, 3.05) is 5.32 Å². The highest BCUT2D eigenvalue weighted by Crippen LogP contribution is 2.38. The summed E-state index contributed by atoms with van der Waals surface area (Å²) >= 11 is 0. The molecule has 3 aromatic rings. The number of para-hydroxylation sites is 2. The van der Waals surface area contributed by atoms with E-state index in [9.17, 15) is 4.79 Å². The number of carbonyl (C=O) groups excluding carboxylic acids is 1. The summed E-state index contributed by atoms with van der Waals surface area (Å²) in [6.45, 7) is 4.17. The van der Waals surface area contributed by atoms with Crippen LogP contribution in [0.15, 0.2) is 70.8 Å². The average molecular weight is 387 g/mol. The maximum atomic E-state index is 13.0. The molecule has 2 atom stereocenters. The molecule has 0 radical (unpaired) electrons. The molecule has 2 aliphatic rings. The first-order valence-electron chi connectivity index (χ1n) is 9.82. The van der Waals surface area contributed by atoms with Crippen LogP contribution < -0.4 is 15.6 Å². The first kappa shape index (κ1) is 17.7. The number of hydrogen-bond acceptors (Lipinski definition) is 5. The zero-order chi connectivity index (χ0) is 20.0. The Morgan fingerprint density at radius 2 is 1.90 bits per heavy atom. The van der Waals surface area contributed by atoms with Gasteiger partial charge in [-0.15, -0.1) is 0 Å². The molecule has 0 fully saturated rings. The summed E-state index contributed by atoms with van der Waals surface area (Å²) < 4.78 is 5.80. The summed E-state index contributed by atoms with van der Waals surface area (Å²) in [5.41, 5.74) is 3.30. The summed E-state index contributed by atoms with van der Waals surface area (Å²) in [5.74, 6) is 0.639. The van der Waals surface area contributed by atoms with Crippen LogP contribution in [0, 0.1) is 11.3 Å². The van der Waals surface area contributed by atoms with Crippen molar-refractivity contribution in [1.29, 1.82) is 0 Å². The number of anilines is 1. The van der Waals surface area contributed by atoms with Crippen molar-refractivity contribution < 1.29 is 14.2 Å². The van der Waals surface area contributed by atoms with Gasteiger partial charge < -0.3 is 4.42 Å². The molecule has 0 bridgehead atoms. The van der Waals surface area contributed by atoms with Crippen molar-refractivity contribution >= 4 is 28.9 Å². The number of rotatable bonds is 2. The number of nitrogens with zero attached hydrogens (tertiary/aromatic N) is 1. The monoisotopic (exact) mass is 387 g/mol. The Morgan fingerprint density at radius 1 is 1.14 bits per heavy atom. The molecule has 6 nitrogen and oxygen atoms in total. The molecule has 0 unspecified atom stereocenters. The summed E-state index contributed by atoms with van der Waals surface area (Å²) in [4.78, 5) is 21.0. The lowest BCUT2D eigenvalue weighted by atomic mass is 9.72. The van der Waals surface area contributed by atoms with E-state index in [-0.39, 0.29) is 23.2 Å². The van der Waals surface area contributed by atoms with E-state index in [0.29, 0.717) is 18.4 Å². The van der Waals surface area contributed by atoms with Crippen LogP contribution >= 0.6 is 0 Å². The fourth-order valence-electron chi connectivity index (χ4n) is 4.23. The molecule has 2 aromatic carbocycles. The van der Waals surface area contributed by atoms with Crippen molar-refractivity contribution in [3.8, 4) is 0 Å². The second-order valence-corrected chi connectivity index (χ2v) is 8.35. The lowest BCUT2D eigenvalue weighted by Gasteiger charge is -2.36. The van der Waals surface area contributed by atoms with Gasteiger partial charge in [-0.25, -0.2) is 5.32 Å². The number of ketones is 1. The van der Waals surface area contributed by atoms with E-state index in [0.717, 1.165) is 22.4 Å². The molecule has 3 N–H and O–H groups in total. The Morgan fingerprint density at radius 3 is 2.69 bits per heavy atom. The lowest BCUT2D eigenvalue weighted by molar-refractivity contribution is -0.522. The minimum Gasteiger partial charge on any atom is -0.412 e. The van der Waals surface area contributed by atoms with Gasteiger partial charge in [0.05, 0.1) is 5.70 Å². The Bertz CT molecular complexity index is 1110. The van der Waals surface area contributed by atoms with E-state index in [1.165, 1.54) is 0 Å². The number of fused-ring (bicyclic) bond motifs is 2. The van der Waals surface area contributed by atoms with Gasteiger partial charge in [0.1, 0.15) is 23.3 Å². The SMILES string of the molecule is CC1(C)C=C2NC(Nc3nc4ccccc4o3)=[NH+][C@H](c3ccccc3)[C@H]2C(=O)C1. The van der Waals surface area contributed by atoms with Crippen LogP contribution in [0.25, 0.3) is 11.1 Å². The molecule has 29 heavy (non-hydrogen) atoms. The van der Waals surface area contributed by atoms with Gasteiger partial charge in [0.15, 0.2) is 5.58 Å². The molecular weight excluding hydrogens is 364 g/mol. The zero-order valence-corrected chi connectivity index (χ0v) is 16.4. The van der Waals surface area contributed by atoms with Crippen LogP contribution in [0.2, 0.25) is 0 Å². The van der Waals surface area contributed by atoms with Crippen LogP contribution in [0.3, 0.4) is 0 Å². The highest BCUT2D eigenvalue weighted by Gasteiger charge is 2.45. The fraction of sp³-hybridized carbons (Fsp3) is 0.261. The largest absolute Gasteiger partial charge is 0.412 e. The molecule has 0 amide bonds. The quantitative estimate of drug-likeness (QED) is 0.630. The number of carbonyl (C=O) groups is 1. The lowest BCUT2D eigenvalue weighted by Crippen LogP contribution is -2.84. The number of Topliss-reactive ketones (excluding diaryl/α,β-unsaturated/α-hetero) is 1. The van der Waals surface area contributed by atoms with E-state index in [1.54, 1.807) is 0 Å². The van der Waals surface area contributed by atoms with Gasteiger partial charge in [-0.3, -0.25) is 9.79 Å². The molecule has 1 aromatic heterocycles. The van der Waals surface area contributed by atoms with Crippen LogP contribution in [0.1, 0.15) is 31.9 Å². The number of hydrogen-bond donors (Lipinski definition) is 3. The maximum Gasteiger partial charge on any atom is 0.365 e. The number of nitrogens with one attached hydrogen (secondary N) is 3. The second kappa shape index (κ2) is 6.58. The van der Waals surface area contributed by atoms with Gasteiger partial charge in [0.25, 0.3) is 0 Å². The predicted octanol–water partition coefficient (Wildman–Crippen LogP) is 2.52. The predicted molar refractivity (Wildman–Crippen MR) is 111 cm³/mol. The van der Waals surface area contributed by atoms with E-state index >= 15 is 0 Å². The van der Waals surface area contributed by atoms with Gasteiger partial charge in [0, 0.05) is 6.42 Å². The average Bonchev–Trinajstić information content (AvgIpc) is 3.09. The minimum absolute atomic E-state index is 0.167. The first-order chi connectivity index (χ1) is 14.0. The molecule has 2 heterocycles. The first-order valence-corrected chi connectivity index (χ1v) is 9.82. The summed E-state index contributed by atoms with van der Waals surface area (Å²) in [7, 11) is 0. The van der Waals surface area contributed by atoms with Crippen LogP contribution in [0.5, 0.6) is 0 Å². The van der Waals surface area contributed by atoms with E-state index < -0.39 is 0 Å². The number of aromatic nitrogens is 1. The highest BCUT2D eigenvalue weighted by atomic mass is 16.4. The molecule has 0 spiro atoms. The normalized spacial score (nSPS) is 23.0. The van der Waals surface area contributed by atoms with Crippen molar-refractivity contribution in [3.05, 3.63) is 71.9 Å². The van der Waals surface area contributed by atoms with Gasteiger partial charge in [-0.1, -0.05) is 56.3 Å². The van der Waals surface area contributed by atoms with Gasteiger partial charge in [0.2, 0.25) is 0 Å². The highest BCUT2D eigenvalue weighted by molar-refractivity contribution is 5.94. The fourth-order valence-corrected chi connectivity index (χ4v) is 4.23. The molecule has 5 rings (SSSR count). The number of guanidine groups is 1. The summed E-state index contributed by atoms with van der Waals surface area (Å²) in [5, 5.41) is 6.58. The van der Waals surface area contributed by atoms with Gasteiger partial charge >= 0.3 is 12.0 Å². The molecule has 0 saturated heterocycles. The number of benzene rings is 2. The molecule has 1 aliphatic heterocycles. The van der Waals surface area contributed by atoms with Gasteiger partial charge in [-0.05, 0) is 29.2 Å². The second-order valence-electron chi connectivity index (χ2n) is 8.35. The standard InChI is InChI=1S/C23H22N4O2/c1-23(2)12-16-19(17(28)13-23)20(14-8-4-3-5-9-14)26-21(24-16)27-22-25-15-10-6-7-11-18(15)29-22/h3-12,19-20H,13H2,1-2H3,(H2,24,25,26,27)/p+1/t19-,20-/m1/s1. The van der Waals surface area contributed by atoms with Gasteiger partial charge in [-0.2, -0.15) is 10.3 Å². The van der Waals surface area contributed by atoms with Crippen molar-refractivity contribution in [2.45, 2.75) is 26.3 Å². The van der Waals surface area contributed by atoms with Crippen molar-refractivity contribution in [2.24, 2.45) is 11.3 Å². The maximum absolute atomic E-state index is 13.0. The van der Waals surface area contributed by atoms with E-state index in [1.807, 2.05) is 54.6 Å². The molecule has 1 aliphatic carbocycles. The Hall–Kier alpha value is -3.41. The number of oxazole rings is 1. The van der Waals surface area contributed by atoms with Crippen LogP contribution in [-0.2, 0) is 4.79 Å². The molecular formula is C23H23N4O2+. The van der Waals surface area contributed by atoms with Crippen LogP contribution in [-0.4, -0.2) is 16.7 Å². The smallest absolute Gasteiger partial charge is 0.365 e. The van der Waals surface area contributed by atoms with E-state index in [2.05, 4.69) is 40.5 Å².